The maximum atomic E-state index is 11.9. The maximum Gasteiger partial charge on any atom is 0.250 e. The van der Waals surface area contributed by atoms with Crippen LogP contribution < -0.4 is 5.43 Å². The molecule has 1 amide bonds. The lowest BCUT2D eigenvalue weighted by Gasteiger charge is -2.02. The minimum Gasteiger partial charge on any atom is -0.508 e. The Morgan fingerprint density at radius 1 is 1.25 bits per heavy atom. The highest BCUT2D eigenvalue weighted by molar-refractivity contribution is 7.99. The number of fused-ring (bicyclic) bond motifs is 1. The first kappa shape index (κ1) is 16.1. The number of phenolic OH excluding ortho intramolecular Hbond substituents is 1. The van der Waals surface area contributed by atoms with Crippen LogP contribution in [-0.4, -0.2) is 32.4 Å². The molecule has 0 unspecified atom stereocenters. The Balaban J connectivity index is 1.55. The summed E-state index contributed by atoms with van der Waals surface area (Å²) < 4.78 is 0. The Morgan fingerprint density at radius 2 is 2.00 bits per heavy atom. The second kappa shape index (κ2) is 7.18. The molecule has 0 spiro atoms. The number of amides is 1. The predicted molar refractivity (Wildman–Crippen MR) is 95.3 cm³/mol. The summed E-state index contributed by atoms with van der Waals surface area (Å²) in [6.45, 7) is 1.79. The molecule has 0 aliphatic rings. The van der Waals surface area contributed by atoms with Crippen molar-refractivity contribution in [3.63, 3.8) is 0 Å². The second-order valence-electron chi connectivity index (χ2n) is 5.13. The average molecular weight is 340 g/mol. The van der Waals surface area contributed by atoms with Gasteiger partial charge < -0.3 is 10.1 Å². The molecule has 0 atom stereocenters. The van der Waals surface area contributed by atoms with E-state index in [1.807, 2.05) is 24.3 Å². The molecule has 0 fully saturated rings. The van der Waals surface area contributed by atoms with Gasteiger partial charge in [-0.3, -0.25) is 4.79 Å². The molecule has 24 heavy (non-hydrogen) atoms. The van der Waals surface area contributed by atoms with E-state index in [2.05, 4.69) is 20.5 Å². The number of hydrogen-bond acceptors (Lipinski definition) is 5. The van der Waals surface area contributed by atoms with E-state index in [1.54, 1.807) is 31.2 Å². The third kappa shape index (κ3) is 3.94. The first-order valence-electron chi connectivity index (χ1n) is 7.32. The third-order valence-electron chi connectivity index (χ3n) is 3.34. The van der Waals surface area contributed by atoms with Gasteiger partial charge in [0, 0.05) is 0 Å². The summed E-state index contributed by atoms with van der Waals surface area (Å²) in [6.07, 6.45) is 0. The fourth-order valence-corrected chi connectivity index (χ4v) is 2.75. The average Bonchev–Trinajstić information content (AvgIpc) is 3.01. The number of nitrogens with one attached hydrogen (secondary N) is 2. The number of carbonyl (C=O) groups is 1. The van der Waals surface area contributed by atoms with Crippen molar-refractivity contribution in [1.82, 2.24) is 15.4 Å². The number of aromatic amines is 1. The molecule has 0 aliphatic heterocycles. The first-order valence-corrected chi connectivity index (χ1v) is 8.30. The standard InChI is InChI=1S/C17H16N4O2S/c1-11(12-6-8-13(22)9-7-12)20-21-16(23)10-24-17-18-14-4-2-3-5-15(14)19-17/h2-9,22H,10H2,1H3,(H,18,19)(H,21,23)/b20-11+. The lowest BCUT2D eigenvalue weighted by atomic mass is 10.1. The Labute approximate surface area is 143 Å². The van der Waals surface area contributed by atoms with E-state index in [0.29, 0.717) is 10.9 Å². The number of imidazole rings is 1. The van der Waals surface area contributed by atoms with Crippen molar-refractivity contribution in [1.29, 1.82) is 0 Å². The highest BCUT2D eigenvalue weighted by Gasteiger charge is 2.06. The molecule has 3 aromatic rings. The fraction of sp³-hybridized carbons (Fsp3) is 0.118. The van der Waals surface area contributed by atoms with Gasteiger partial charge in [0.2, 0.25) is 0 Å². The molecule has 1 aromatic heterocycles. The van der Waals surface area contributed by atoms with Crippen LogP contribution in [-0.2, 0) is 4.79 Å². The molecule has 0 aliphatic carbocycles. The van der Waals surface area contributed by atoms with Gasteiger partial charge in [-0.15, -0.1) is 0 Å². The Bertz CT molecular complexity index is 854. The van der Waals surface area contributed by atoms with E-state index in [4.69, 9.17) is 0 Å². The lowest BCUT2D eigenvalue weighted by molar-refractivity contribution is -0.118. The molecule has 0 saturated carbocycles. The first-order chi connectivity index (χ1) is 11.6. The Morgan fingerprint density at radius 3 is 2.75 bits per heavy atom. The summed E-state index contributed by atoms with van der Waals surface area (Å²) in [7, 11) is 0. The van der Waals surface area contributed by atoms with Crippen molar-refractivity contribution >= 4 is 34.4 Å². The van der Waals surface area contributed by atoms with Gasteiger partial charge in [0.05, 0.1) is 22.5 Å². The smallest absolute Gasteiger partial charge is 0.250 e. The number of rotatable bonds is 5. The van der Waals surface area contributed by atoms with E-state index in [0.717, 1.165) is 16.6 Å². The maximum absolute atomic E-state index is 11.9. The van der Waals surface area contributed by atoms with Crippen molar-refractivity contribution in [2.24, 2.45) is 5.10 Å². The van der Waals surface area contributed by atoms with Crippen LogP contribution in [0.1, 0.15) is 12.5 Å². The van der Waals surface area contributed by atoms with Crippen molar-refractivity contribution in [2.45, 2.75) is 12.1 Å². The molecule has 0 bridgehead atoms. The number of nitrogens with zero attached hydrogens (tertiary/aromatic N) is 2. The fourth-order valence-electron chi connectivity index (χ4n) is 2.08. The second-order valence-corrected chi connectivity index (χ2v) is 6.09. The van der Waals surface area contributed by atoms with Crippen molar-refractivity contribution in [2.75, 3.05) is 5.75 Å². The molecule has 3 rings (SSSR count). The molecule has 2 aromatic carbocycles. The van der Waals surface area contributed by atoms with Crippen molar-refractivity contribution in [3.05, 3.63) is 54.1 Å². The quantitative estimate of drug-likeness (QED) is 0.378. The zero-order chi connectivity index (χ0) is 16.9. The molecule has 1 heterocycles. The van der Waals surface area contributed by atoms with Gasteiger partial charge >= 0.3 is 0 Å². The van der Waals surface area contributed by atoms with Crippen molar-refractivity contribution in [3.8, 4) is 5.75 Å². The van der Waals surface area contributed by atoms with Gasteiger partial charge in [-0.1, -0.05) is 23.9 Å². The number of para-hydroxylation sites is 2. The van der Waals surface area contributed by atoms with Crippen LogP contribution in [0.25, 0.3) is 11.0 Å². The number of H-pyrrole nitrogens is 1. The van der Waals surface area contributed by atoms with Crippen LogP contribution in [0, 0.1) is 0 Å². The number of thioether (sulfide) groups is 1. The van der Waals surface area contributed by atoms with Crippen LogP contribution >= 0.6 is 11.8 Å². The van der Waals surface area contributed by atoms with E-state index in [-0.39, 0.29) is 17.4 Å². The zero-order valence-corrected chi connectivity index (χ0v) is 13.8. The summed E-state index contributed by atoms with van der Waals surface area (Å²) in [5.41, 5.74) is 5.84. The van der Waals surface area contributed by atoms with E-state index < -0.39 is 0 Å². The Hall–Kier alpha value is -2.80. The van der Waals surface area contributed by atoms with Gasteiger partial charge in [-0.25, -0.2) is 10.4 Å². The normalized spacial score (nSPS) is 11.6. The lowest BCUT2D eigenvalue weighted by Crippen LogP contribution is -2.21. The summed E-state index contributed by atoms with van der Waals surface area (Å²) in [4.78, 5) is 19.5. The summed E-state index contributed by atoms with van der Waals surface area (Å²) in [6, 6.07) is 14.3. The summed E-state index contributed by atoms with van der Waals surface area (Å²) in [5, 5.41) is 14.0. The van der Waals surface area contributed by atoms with Crippen LogP contribution in [0.2, 0.25) is 0 Å². The summed E-state index contributed by atoms with van der Waals surface area (Å²) >= 11 is 1.32. The molecule has 3 N–H and O–H groups in total. The van der Waals surface area contributed by atoms with Crippen LogP contribution in [0.4, 0.5) is 0 Å². The minimum atomic E-state index is -0.210. The molecular weight excluding hydrogens is 324 g/mol. The van der Waals surface area contributed by atoms with Gasteiger partial charge in [-0.2, -0.15) is 5.10 Å². The molecule has 0 radical (unpaired) electrons. The van der Waals surface area contributed by atoms with E-state index in [9.17, 15) is 9.90 Å². The predicted octanol–water partition coefficient (Wildman–Crippen LogP) is 2.90. The molecule has 122 valence electrons. The number of hydrazone groups is 1. The van der Waals surface area contributed by atoms with E-state index >= 15 is 0 Å². The monoisotopic (exact) mass is 340 g/mol. The largest absolute Gasteiger partial charge is 0.508 e. The third-order valence-corrected chi connectivity index (χ3v) is 4.21. The highest BCUT2D eigenvalue weighted by atomic mass is 32.2. The number of carbonyl (C=O) groups excluding carboxylic acids is 1. The zero-order valence-electron chi connectivity index (χ0n) is 13.0. The van der Waals surface area contributed by atoms with Gasteiger partial charge in [0.1, 0.15) is 5.75 Å². The molecule has 7 heteroatoms. The molecular formula is C17H16N4O2S. The molecule has 6 nitrogen and oxygen atoms in total. The molecule has 0 saturated heterocycles. The summed E-state index contributed by atoms with van der Waals surface area (Å²) in [5.74, 6) is 0.197. The number of hydrogen-bond donors (Lipinski definition) is 3. The van der Waals surface area contributed by atoms with Crippen LogP contribution in [0.15, 0.2) is 58.8 Å². The number of aromatic hydroxyl groups is 1. The number of benzene rings is 2. The Kier molecular flexibility index (Phi) is 4.81. The number of aromatic nitrogens is 2. The highest BCUT2D eigenvalue weighted by Crippen LogP contribution is 2.18. The SMILES string of the molecule is C/C(=N\NC(=O)CSc1nc2ccccc2[nH]1)c1ccc(O)cc1. The van der Waals surface area contributed by atoms with Crippen molar-refractivity contribution < 1.29 is 9.90 Å². The number of phenols is 1. The van der Waals surface area contributed by atoms with Crippen LogP contribution in [0.5, 0.6) is 5.75 Å². The van der Waals surface area contributed by atoms with E-state index in [1.165, 1.54) is 11.8 Å². The topological polar surface area (TPSA) is 90.4 Å². The van der Waals surface area contributed by atoms with Gasteiger partial charge in [0.15, 0.2) is 5.16 Å². The minimum absolute atomic E-state index is 0.192. The van der Waals surface area contributed by atoms with Gasteiger partial charge in [0.25, 0.3) is 5.91 Å². The van der Waals surface area contributed by atoms with Crippen LogP contribution in [0.3, 0.4) is 0 Å². The van der Waals surface area contributed by atoms with Gasteiger partial charge in [-0.05, 0) is 48.9 Å².